The van der Waals surface area contributed by atoms with Gasteiger partial charge in [-0.2, -0.15) is 0 Å². The van der Waals surface area contributed by atoms with Crippen LogP contribution in [0.2, 0.25) is 0 Å². The smallest absolute Gasteiger partial charge is 0.0964 e. The van der Waals surface area contributed by atoms with Gasteiger partial charge in [-0.1, -0.05) is 26.0 Å². The second-order valence-corrected chi connectivity index (χ2v) is 5.24. The second kappa shape index (κ2) is 8.21. The quantitative estimate of drug-likeness (QED) is 0.722. The lowest BCUT2D eigenvalue weighted by atomic mass is 10.1. The molecule has 18 heavy (non-hydrogen) atoms. The number of hydrogen-bond acceptors (Lipinski definition) is 4. The third-order valence-corrected chi connectivity index (χ3v) is 2.94. The van der Waals surface area contributed by atoms with Gasteiger partial charge in [0, 0.05) is 19.3 Å². The summed E-state index contributed by atoms with van der Waals surface area (Å²) < 4.78 is 1.93. The molecule has 0 saturated carbocycles. The summed E-state index contributed by atoms with van der Waals surface area (Å²) in [6, 6.07) is 0. The molecule has 0 radical (unpaired) electrons. The lowest BCUT2D eigenvalue weighted by Gasteiger charge is -2.17. The summed E-state index contributed by atoms with van der Waals surface area (Å²) in [5.41, 5.74) is 1.02. The normalized spacial score (nSPS) is 11.7. The van der Waals surface area contributed by atoms with Gasteiger partial charge in [0.05, 0.1) is 12.2 Å². The standard InChI is InChI=1S/C13H27N5/c1-5-14-10-13-11-18(16-15-13)9-8-17(4)7-6-12(2)3/h11-12,14H,5-10H2,1-4H3. The number of nitrogens with zero attached hydrogens (tertiary/aromatic N) is 4. The molecule has 1 rings (SSSR count). The first-order valence-electron chi connectivity index (χ1n) is 6.90. The maximum absolute atomic E-state index is 4.14. The average Bonchev–Trinajstić information content (AvgIpc) is 2.79. The maximum atomic E-state index is 4.14. The van der Waals surface area contributed by atoms with Crippen LogP contribution in [0.25, 0.3) is 0 Å². The van der Waals surface area contributed by atoms with Crippen LogP contribution >= 0.6 is 0 Å². The molecule has 0 unspecified atom stereocenters. The molecular weight excluding hydrogens is 226 g/mol. The minimum Gasteiger partial charge on any atom is -0.311 e. The average molecular weight is 253 g/mol. The van der Waals surface area contributed by atoms with Gasteiger partial charge in [0.2, 0.25) is 0 Å². The van der Waals surface area contributed by atoms with Crippen LogP contribution in [-0.2, 0) is 13.1 Å². The number of nitrogens with one attached hydrogen (secondary N) is 1. The zero-order valence-corrected chi connectivity index (χ0v) is 12.2. The summed E-state index contributed by atoms with van der Waals surface area (Å²) in [4.78, 5) is 2.35. The van der Waals surface area contributed by atoms with Gasteiger partial charge in [-0.15, -0.1) is 5.10 Å². The summed E-state index contributed by atoms with van der Waals surface area (Å²) in [6.07, 6.45) is 3.28. The molecule has 0 saturated heterocycles. The van der Waals surface area contributed by atoms with Crippen LogP contribution in [0.5, 0.6) is 0 Å². The molecule has 0 aromatic carbocycles. The van der Waals surface area contributed by atoms with Crippen molar-refractivity contribution in [2.24, 2.45) is 5.92 Å². The van der Waals surface area contributed by atoms with Crippen molar-refractivity contribution in [2.75, 3.05) is 26.7 Å². The van der Waals surface area contributed by atoms with E-state index < -0.39 is 0 Å². The van der Waals surface area contributed by atoms with E-state index in [0.29, 0.717) is 0 Å². The summed E-state index contributed by atoms with van der Waals surface area (Å²) in [7, 11) is 2.17. The monoisotopic (exact) mass is 253 g/mol. The van der Waals surface area contributed by atoms with E-state index in [-0.39, 0.29) is 0 Å². The molecule has 0 atom stereocenters. The van der Waals surface area contributed by atoms with Crippen LogP contribution in [0, 0.1) is 5.92 Å². The lowest BCUT2D eigenvalue weighted by molar-refractivity contribution is 0.292. The van der Waals surface area contributed by atoms with Gasteiger partial charge in [0.1, 0.15) is 0 Å². The van der Waals surface area contributed by atoms with Crippen molar-refractivity contribution in [3.8, 4) is 0 Å². The first kappa shape index (κ1) is 15.1. The van der Waals surface area contributed by atoms with Crippen molar-refractivity contribution in [3.05, 3.63) is 11.9 Å². The van der Waals surface area contributed by atoms with Gasteiger partial charge >= 0.3 is 0 Å². The molecule has 104 valence electrons. The summed E-state index contributed by atoms with van der Waals surface area (Å²) in [5.74, 6) is 0.769. The number of likely N-dealkylation sites (N-methyl/N-ethyl adjacent to an activating group) is 1. The Hall–Kier alpha value is -0.940. The fourth-order valence-electron chi connectivity index (χ4n) is 1.65. The van der Waals surface area contributed by atoms with Gasteiger partial charge in [0.25, 0.3) is 0 Å². The van der Waals surface area contributed by atoms with E-state index in [1.807, 2.05) is 10.9 Å². The minimum absolute atomic E-state index is 0.769. The number of hydrogen-bond donors (Lipinski definition) is 1. The fraction of sp³-hybridized carbons (Fsp3) is 0.846. The largest absolute Gasteiger partial charge is 0.311 e. The third-order valence-electron chi connectivity index (χ3n) is 2.94. The molecule has 1 aromatic heterocycles. The Labute approximate surface area is 111 Å². The summed E-state index contributed by atoms with van der Waals surface area (Å²) in [6.45, 7) is 11.5. The summed E-state index contributed by atoms with van der Waals surface area (Å²) >= 11 is 0. The van der Waals surface area contributed by atoms with Crippen molar-refractivity contribution in [1.82, 2.24) is 25.2 Å². The van der Waals surface area contributed by atoms with Gasteiger partial charge in [0.15, 0.2) is 0 Å². The van der Waals surface area contributed by atoms with Crippen LogP contribution in [0.3, 0.4) is 0 Å². The molecular formula is C13H27N5. The van der Waals surface area contributed by atoms with E-state index in [1.165, 1.54) is 6.42 Å². The molecule has 0 aliphatic heterocycles. The third kappa shape index (κ3) is 6.12. The predicted octanol–water partition coefficient (Wildman–Crippen LogP) is 1.37. The van der Waals surface area contributed by atoms with Crippen LogP contribution < -0.4 is 5.32 Å². The van der Waals surface area contributed by atoms with E-state index >= 15 is 0 Å². The zero-order valence-electron chi connectivity index (χ0n) is 12.2. The topological polar surface area (TPSA) is 46.0 Å². The number of rotatable bonds is 9. The van der Waals surface area contributed by atoms with Crippen LogP contribution in [0.15, 0.2) is 6.20 Å². The molecule has 0 fully saturated rings. The van der Waals surface area contributed by atoms with Crippen LogP contribution in [0.1, 0.15) is 32.9 Å². The van der Waals surface area contributed by atoms with Gasteiger partial charge in [-0.3, -0.25) is 4.68 Å². The molecule has 0 bridgehead atoms. The Balaban J connectivity index is 2.23. The molecule has 1 aromatic rings. The Bertz CT molecular complexity index is 321. The van der Waals surface area contributed by atoms with E-state index in [4.69, 9.17) is 0 Å². The van der Waals surface area contributed by atoms with Crippen LogP contribution in [-0.4, -0.2) is 46.6 Å². The van der Waals surface area contributed by atoms with Gasteiger partial charge in [-0.05, 0) is 32.5 Å². The zero-order chi connectivity index (χ0) is 13.4. The highest BCUT2D eigenvalue weighted by atomic mass is 15.4. The minimum atomic E-state index is 0.769. The molecule has 0 aliphatic rings. The second-order valence-electron chi connectivity index (χ2n) is 5.24. The fourth-order valence-corrected chi connectivity index (χ4v) is 1.65. The lowest BCUT2D eigenvalue weighted by Crippen LogP contribution is -2.25. The molecule has 1 N–H and O–H groups in total. The SMILES string of the molecule is CCNCc1cn(CCN(C)CCC(C)C)nn1. The van der Waals surface area contributed by atoms with E-state index in [9.17, 15) is 0 Å². The predicted molar refractivity (Wildman–Crippen MR) is 74.4 cm³/mol. The molecule has 5 heteroatoms. The summed E-state index contributed by atoms with van der Waals surface area (Å²) in [5, 5.41) is 11.5. The molecule has 0 aliphatic carbocycles. The van der Waals surface area contributed by atoms with E-state index in [0.717, 1.165) is 44.3 Å². The van der Waals surface area contributed by atoms with Crippen molar-refractivity contribution in [1.29, 1.82) is 0 Å². The first-order chi connectivity index (χ1) is 8.61. The highest BCUT2D eigenvalue weighted by Gasteiger charge is 2.03. The van der Waals surface area contributed by atoms with E-state index in [2.05, 4.69) is 48.3 Å². The van der Waals surface area contributed by atoms with Crippen molar-refractivity contribution in [3.63, 3.8) is 0 Å². The van der Waals surface area contributed by atoms with Gasteiger partial charge < -0.3 is 10.2 Å². The first-order valence-corrected chi connectivity index (χ1v) is 6.90. The Morgan fingerprint density at radius 3 is 2.83 bits per heavy atom. The molecule has 0 amide bonds. The maximum Gasteiger partial charge on any atom is 0.0964 e. The van der Waals surface area contributed by atoms with E-state index in [1.54, 1.807) is 0 Å². The highest BCUT2D eigenvalue weighted by molar-refractivity contribution is 4.91. The Kier molecular flexibility index (Phi) is 6.90. The Morgan fingerprint density at radius 1 is 1.39 bits per heavy atom. The molecule has 0 spiro atoms. The number of aromatic nitrogens is 3. The molecule has 5 nitrogen and oxygen atoms in total. The van der Waals surface area contributed by atoms with Crippen molar-refractivity contribution >= 4 is 0 Å². The van der Waals surface area contributed by atoms with Crippen molar-refractivity contribution in [2.45, 2.75) is 40.3 Å². The van der Waals surface area contributed by atoms with Crippen LogP contribution in [0.4, 0.5) is 0 Å². The Morgan fingerprint density at radius 2 is 2.17 bits per heavy atom. The van der Waals surface area contributed by atoms with Crippen molar-refractivity contribution < 1.29 is 0 Å². The molecule has 1 heterocycles. The highest BCUT2D eigenvalue weighted by Crippen LogP contribution is 2.00. The van der Waals surface area contributed by atoms with Gasteiger partial charge in [-0.25, -0.2) is 0 Å².